The molecular formula is C19H25Cl3O6. The van der Waals surface area contributed by atoms with Crippen LogP contribution < -0.4 is 0 Å². The number of carbonyl (C=O) groups is 3. The zero-order chi connectivity index (χ0) is 21.3. The Morgan fingerprint density at radius 1 is 1.11 bits per heavy atom. The molecule has 0 radical (unpaired) electrons. The van der Waals surface area contributed by atoms with Crippen LogP contribution in [0.15, 0.2) is 12.2 Å². The maximum atomic E-state index is 12.3. The molecule has 0 heterocycles. The van der Waals surface area contributed by atoms with Gasteiger partial charge < -0.3 is 14.2 Å². The third kappa shape index (κ3) is 5.14. The van der Waals surface area contributed by atoms with Gasteiger partial charge >= 0.3 is 17.9 Å². The Balaban J connectivity index is 1.76. The highest BCUT2D eigenvalue weighted by molar-refractivity contribution is 6.67. The first-order valence-corrected chi connectivity index (χ1v) is 10.2. The van der Waals surface area contributed by atoms with E-state index in [4.69, 9.17) is 44.3 Å². The molecule has 2 aliphatic carbocycles. The van der Waals surface area contributed by atoms with Crippen LogP contribution in [0, 0.1) is 16.7 Å². The number of alkyl halides is 3. The Morgan fingerprint density at radius 2 is 1.75 bits per heavy atom. The minimum Gasteiger partial charge on any atom is -0.462 e. The van der Waals surface area contributed by atoms with E-state index in [1.54, 1.807) is 0 Å². The van der Waals surface area contributed by atoms with Crippen molar-refractivity contribution in [3.05, 3.63) is 12.2 Å². The first-order valence-electron chi connectivity index (χ1n) is 9.03. The summed E-state index contributed by atoms with van der Waals surface area (Å²) in [7, 11) is 0. The van der Waals surface area contributed by atoms with E-state index < -0.39 is 34.9 Å². The Bertz CT molecular complexity index is 669. The van der Waals surface area contributed by atoms with Crippen LogP contribution in [0.5, 0.6) is 0 Å². The quantitative estimate of drug-likeness (QED) is 0.248. The number of hydrogen-bond acceptors (Lipinski definition) is 6. The lowest BCUT2D eigenvalue weighted by atomic mass is 9.70. The maximum Gasteiger partial charge on any atom is 0.344 e. The van der Waals surface area contributed by atoms with Crippen molar-refractivity contribution in [2.45, 2.75) is 56.4 Å². The molecule has 3 atom stereocenters. The van der Waals surface area contributed by atoms with Gasteiger partial charge in [0, 0.05) is 11.0 Å². The highest BCUT2D eigenvalue weighted by Crippen LogP contribution is 2.66. The Kier molecular flexibility index (Phi) is 6.99. The predicted molar refractivity (Wildman–Crippen MR) is 105 cm³/mol. The molecular weight excluding hydrogens is 431 g/mol. The molecule has 0 spiro atoms. The second-order valence-electron chi connectivity index (χ2n) is 8.22. The molecule has 2 aliphatic rings. The molecule has 158 valence electrons. The normalized spacial score (nSPS) is 27.9. The van der Waals surface area contributed by atoms with Crippen molar-refractivity contribution < 1.29 is 28.6 Å². The lowest BCUT2D eigenvalue weighted by molar-refractivity contribution is -0.159. The van der Waals surface area contributed by atoms with E-state index in [0.717, 1.165) is 19.3 Å². The van der Waals surface area contributed by atoms with Gasteiger partial charge in [0.1, 0.15) is 12.7 Å². The molecule has 2 bridgehead atoms. The van der Waals surface area contributed by atoms with Crippen molar-refractivity contribution >= 4 is 52.7 Å². The highest BCUT2D eigenvalue weighted by atomic mass is 35.6. The standard InChI is InChI=1S/C19H25Cl3O6/c1-11(16(25)26-9-15(24)27-10-19(20,21)22)7-14(23)28-13-8-12-5-6-18(13,4)17(12,2)3/h12-13H,1,5-10H2,2-4H3/t12-,13-,18+/m0/s1. The zero-order valence-corrected chi connectivity index (χ0v) is 18.5. The summed E-state index contributed by atoms with van der Waals surface area (Å²) in [6, 6.07) is 0. The third-order valence-electron chi connectivity index (χ3n) is 6.35. The Morgan fingerprint density at radius 3 is 2.25 bits per heavy atom. The molecule has 9 heteroatoms. The molecule has 2 rings (SSSR count). The van der Waals surface area contributed by atoms with Crippen LogP contribution in [0.3, 0.4) is 0 Å². The second kappa shape index (κ2) is 8.41. The number of halogens is 3. The molecule has 0 aliphatic heterocycles. The monoisotopic (exact) mass is 454 g/mol. The fourth-order valence-corrected chi connectivity index (χ4v) is 4.35. The summed E-state index contributed by atoms with van der Waals surface area (Å²) in [5, 5.41) is 0. The lowest BCUT2D eigenvalue weighted by Gasteiger charge is -2.38. The number of esters is 3. The fourth-order valence-electron chi connectivity index (χ4n) is 4.19. The van der Waals surface area contributed by atoms with E-state index in [1.807, 2.05) is 0 Å². The molecule has 0 amide bonds. The maximum absolute atomic E-state index is 12.3. The number of hydrogen-bond donors (Lipinski definition) is 0. The van der Waals surface area contributed by atoms with Crippen molar-refractivity contribution in [2.75, 3.05) is 13.2 Å². The van der Waals surface area contributed by atoms with E-state index in [2.05, 4.69) is 32.1 Å². The zero-order valence-electron chi connectivity index (χ0n) is 16.2. The highest BCUT2D eigenvalue weighted by Gasteiger charge is 2.62. The molecule has 0 N–H and O–H groups in total. The summed E-state index contributed by atoms with van der Waals surface area (Å²) in [5.41, 5.74) is -0.0609. The van der Waals surface area contributed by atoms with Gasteiger partial charge in [-0.3, -0.25) is 4.79 Å². The molecule has 0 saturated heterocycles. The summed E-state index contributed by atoms with van der Waals surface area (Å²) in [4.78, 5) is 35.6. The molecule has 0 aromatic rings. The Hall–Kier alpha value is -0.980. The van der Waals surface area contributed by atoms with Crippen molar-refractivity contribution in [3.8, 4) is 0 Å². The second-order valence-corrected chi connectivity index (χ2v) is 10.7. The molecule has 28 heavy (non-hydrogen) atoms. The first-order chi connectivity index (χ1) is 12.8. The van der Waals surface area contributed by atoms with Crippen LogP contribution in [0.2, 0.25) is 0 Å². The summed E-state index contributed by atoms with van der Waals surface area (Å²) in [5.74, 6) is -1.77. The van der Waals surface area contributed by atoms with Gasteiger partial charge in [0.05, 0.1) is 6.42 Å². The molecule has 2 fully saturated rings. The van der Waals surface area contributed by atoms with Crippen LogP contribution in [0.4, 0.5) is 0 Å². The van der Waals surface area contributed by atoms with Crippen molar-refractivity contribution in [2.24, 2.45) is 16.7 Å². The van der Waals surface area contributed by atoms with E-state index in [0.29, 0.717) is 5.92 Å². The summed E-state index contributed by atoms with van der Waals surface area (Å²) < 4.78 is 13.3. The predicted octanol–water partition coefficient (Wildman–Crippen LogP) is 4.15. The average molecular weight is 456 g/mol. The van der Waals surface area contributed by atoms with Crippen molar-refractivity contribution in [1.82, 2.24) is 0 Å². The molecule has 6 nitrogen and oxygen atoms in total. The van der Waals surface area contributed by atoms with Gasteiger partial charge in [-0.25, -0.2) is 9.59 Å². The molecule has 0 aromatic carbocycles. The van der Waals surface area contributed by atoms with E-state index in [9.17, 15) is 14.4 Å². The van der Waals surface area contributed by atoms with Gasteiger partial charge in [-0.05, 0) is 30.6 Å². The number of rotatable bonds is 7. The van der Waals surface area contributed by atoms with Crippen LogP contribution in [-0.2, 0) is 28.6 Å². The fraction of sp³-hybridized carbons (Fsp3) is 0.737. The summed E-state index contributed by atoms with van der Waals surface area (Å²) >= 11 is 16.3. The molecule has 0 unspecified atom stereocenters. The van der Waals surface area contributed by atoms with Crippen LogP contribution in [0.1, 0.15) is 46.5 Å². The van der Waals surface area contributed by atoms with Gasteiger partial charge in [0.2, 0.25) is 3.79 Å². The van der Waals surface area contributed by atoms with Gasteiger partial charge in [0.25, 0.3) is 0 Å². The van der Waals surface area contributed by atoms with Crippen molar-refractivity contribution in [1.29, 1.82) is 0 Å². The van der Waals surface area contributed by atoms with E-state index in [1.165, 1.54) is 0 Å². The number of fused-ring (bicyclic) bond motifs is 2. The van der Waals surface area contributed by atoms with Gasteiger partial charge in [-0.1, -0.05) is 62.2 Å². The molecule has 0 aromatic heterocycles. The topological polar surface area (TPSA) is 78.9 Å². The van der Waals surface area contributed by atoms with E-state index >= 15 is 0 Å². The van der Waals surface area contributed by atoms with Gasteiger partial charge in [-0.15, -0.1) is 0 Å². The SMILES string of the molecule is C=C(CC(=O)O[C@H]1C[C@@H]2CC[C@@]1(C)C2(C)C)C(=O)OCC(=O)OCC(Cl)(Cl)Cl. The molecule has 2 saturated carbocycles. The number of carbonyl (C=O) groups excluding carboxylic acids is 3. The lowest BCUT2D eigenvalue weighted by Crippen LogP contribution is -2.38. The van der Waals surface area contributed by atoms with Crippen molar-refractivity contribution in [3.63, 3.8) is 0 Å². The summed E-state index contributed by atoms with van der Waals surface area (Å²) in [6.07, 6.45) is 2.52. The minimum atomic E-state index is -1.75. The van der Waals surface area contributed by atoms with E-state index in [-0.39, 0.29) is 28.9 Å². The minimum absolute atomic E-state index is 0.0680. The van der Waals surface area contributed by atoms with Crippen LogP contribution in [0.25, 0.3) is 0 Å². The third-order valence-corrected chi connectivity index (χ3v) is 6.68. The largest absolute Gasteiger partial charge is 0.462 e. The van der Waals surface area contributed by atoms with Gasteiger partial charge in [-0.2, -0.15) is 0 Å². The summed E-state index contributed by atoms with van der Waals surface area (Å²) in [6.45, 7) is 8.98. The number of ether oxygens (including phenoxy) is 3. The van der Waals surface area contributed by atoms with Crippen LogP contribution in [-0.4, -0.2) is 41.0 Å². The van der Waals surface area contributed by atoms with Crippen LogP contribution >= 0.6 is 34.8 Å². The smallest absolute Gasteiger partial charge is 0.344 e. The Labute approximate surface area is 179 Å². The average Bonchev–Trinajstić information content (AvgIpc) is 2.90. The van der Waals surface area contributed by atoms with Gasteiger partial charge in [0.15, 0.2) is 6.61 Å². The first kappa shape index (κ1) is 23.3.